The first-order valence-corrected chi connectivity index (χ1v) is 5.59. The lowest BCUT2D eigenvalue weighted by Crippen LogP contribution is -2.24. The van der Waals surface area contributed by atoms with E-state index in [4.69, 9.17) is 4.74 Å². The molecule has 0 bridgehead atoms. The predicted octanol–water partition coefficient (Wildman–Crippen LogP) is 3.23. The third-order valence-corrected chi connectivity index (χ3v) is 2.18. The first kappa shape index (κ1) is 15.7. The van der Waals surface area contributed by atoms with E-state index in [1.807, 2.05) is 0 Å². The molecular weight excluding hydrogens is 272 g/mol. The van der Waals surface area contributed by atoms with Gasteiger partial charge in [-0.05, 0) is 20.8 Å². The van der Waals surface area contributed by atoms with Crippen LogP contribution in [-0.4, -0.2) is 16.5 Å². The highest BCUT2D eigenvalue weighted by Gasteiger charge is 2.26. The maximum absolute atomic E-state index is 13.7. The molecule has 0 N–H and O–H groups in total. The Labute approximate surface area is 114 Å². The molecule has 0 aliphatic rings. The summed E-state index contributed by atoms with van der Waals surface area (Å²) in [4.78, 5) is 21.2. The zero-order chi connectivity index (χ0) is 15.7. The second kappa shape index (κ2) is 5.36. The van der Waals surface area contributed by atoms with Gasteiger partial charge >= 0.3 is 5.97 Å². The molecule has 0 radical (unpaired) electrons. The Morgan fingerprint density at radius 1 is 1.30 bits per heavy atom. The van der Waals surface area contributed by atoms with Crippen LogP contribution in [0.3, 0.4) is 0 Å². The molecule has 108 valence electrons. The van der Waals surface area contributed by atoms with Crippen molar-refractivity contribution in [1.29, 1.82) is 0 Å². The van der Waals surface area contributed by atoms with Crippen molar-refractivity contribution >= 4 is 17.2 Å². The van der Waals surface area contributed by atoms with Gasteiger partial charge in [0.15, 0.2) is 0 Å². The van der Waals surface area contributed by atoms with E-state index in [-0.39, 0.29) is 0 Å². The van der Waals surface area contributed by atoms with Gasteiger partial charge in [0.1, 0.15) is 17.2 Å². The van der Waals surface area contributed by atoms with Gasteiger partial charge in [-0.25, -0.2) is 13.6 Å². The molecule has 0 amide bonds. The summed E-state index contributed by atoms with van der Waals surface area (Å²) >= 11 is 0. The number of hydrogen-bond acceptors (Lipinski definition) is 4. The van der Waals surface area contributed by atoms with Crippen LogP contribution in [0.5, 0.6) is 0 Å². The maximum atomic E-state index is 13.7. The number of benzene rings is 1. The van der Waals surface area contributed by atoms with E-state index in [0.717, 1.165) is 0 Å². The summed E-state index contributed by atoms with van der Waals surface area (Å²) in [5.74, 6) is -3.48. The number of nitro groups is 1. The molecule has 0 atom stereocenters. The minimum atomic E-state index is -1.24. The molecule has 0 heterocycles. The Morgan fingerprint density at radius 3 is 2.10 bits per heavy atom. The second-order valence-corrected chi connectivity index (χ2v) is 5.02. The molecule has 0 fully saturated rings. The number of ether oxygens (including phenoxy) is 1. The molecule has 0 aliphatic heterocycles. The third-order valence-electron chi connectivity index (χ3n) is 2.18. The van der Waals surface area contributed by atoms with Crippen molar-refractivity contribution in [1.82, 2.24) is 0 Å². The number of nitro benzene ring substituents is 1. The summed E-state index contributed by atoms with van der Waals surface area (Å²) in [6.45, 7) is 8.03. The van der Waals surface area contributed by atoms with Crippen LogP contribution in [0.1, 0.15) is 26.3 Å². The van der Waals surface area contributed by atoms with Crippen LogP contribution in [0.15, 0.2) is 18.7 Å². The van der Waals surface area contributed by atoms with Crippen molar-refractivity contribution in [3.63, 3.8) is 0 Å². The van der Waals surface area contributed by atoms with Crippen LogP contribution < -0.4 is 0 Å². The van der Waals surface area contributed by atoms with E-state index < -0.39 is 45.0 Å². The molecule has 0 aromatic heterocycles. The normalized spacial score (nSPS) is 11.1. The van der Waals surface area contributed by atoms with Crippen molar-refractivity contribution in [2.75, 3.05) is 0 Å². The first-order chi connectivity index (χ1) is 9.03. The van der Waals surface area contributed by atoms with E-state index in [1.165, 1.54) is 0 Å². The summed E-state index contributed by atoms with van der Waals surface area (Å²) in [6.07, 6.45) is 0. The number of esters is 1. The fourth-order valence-electron chi connectivity index (χ4n) is 1.40. The average molecular weight is 285 g/mol. The Hall–Kier alpha value is -2.31. The van der Waals surface area contributed by atoms with Crippen molar-refractivity contribution in [2.24, 2.45) is 0 Å². The molecule has 0 saturated heterocycles. The van der Waals surface area contributed by atoms with E-state index >= 15 is 0 Å². The largest absolute Gasteiger partial charge is 0.456 e. The molecular formula is C13H13F2NO4. The number of hydrogen-bond donors (Lipinski definition) is 0. The Kier molecular flexibility index (Phi) is 4.22. The number of carbonyl (C=O) groups is 1. The summed E-state index contributed by atoms with van der Waals surface area (Å²) in [7, 11) is 0. The molecule has 0 unspecified atom stereocenters. The zero-order valence-corrected chi connectivity index (χ0v) is 11.2. The van der Waals surface area contributed by atoms with E-state index in [2.05, 4.69) is 6.58 Å². The predicted molar refractivity (Wildman–Crippen MR) is 67.9 cm³/mol. The Balaban J connectivity index is 3.18. The lowest BCUT2D eigenvalue weighted by atomic mass is 10.1. The van der Waals surface area contributed by atoms with E-state index in [1.54, 1.807) is 20.8 Å². The smallest absolute Gasteiger partial charge is 0.338 e. The maximum Gasteiger partial charge on any atom is 0.338 e. The third kappa shape index (κ3) is 3.59. The summed E-state index contributed by atoms with van der Waals surface area (Å²) in [5.41, 5.74) is -2.87. The van der Waals surface area contributed by atoms with Gasteiger partial charge in [-0.1, -0.05) is 6.58 Å². The highest BCUT2D eigenvalue weighted by Crippen LogP contribution is 2.27. The highest BCUT2D eigenvalue weighted by atomic mass is 19.1. The van der Waals surface area contributed by atoms with Gasteiger partial charge in [0, 0.05) is 0 Å². The van der Waals surface area contributed by atoms with Gasteiger partial charge in [0.2, 0.25) is 0 Å². The lowest BCUT2D eigenvalue weighted by Gasteiger charge is -2.20. The van der Waals surface area contributed by atoms with Gasteiger partial charge in [-0.2, -0.15) is 0 Å². The standard InChI is InChI=1S/C13H13F2NO4/c1-7(12(17)20-13(2,3)4)11-9(14)5-8(16(18)19)6-10(11)15/h5-6H,1H2,2-4H3. The molecule has 20 heavy (non-hydrogen) atoms. The van der Waals surface area contributed by atoms with Crippen LogP contribution in [0, 0.1) is 21.7 Å². The topological polar surface area (TPSA) is 69.4 Å². The molecule has 1 aromatic rings. The monoisotopic (exact) mass is 285 g/mol. The number of carbonyl (C=O) groups excluding carboxylic acids is 1. The molecule has 7 heteroatoms. The fraction of sp³-hybridized carbons (Fsp3) is 0.308. The minimum absolute atomic E-state index is 0.522. The van der Waals surface area contributed by atoms with Gasteiger partial charge < -0.3 is 4.74 Å². The number of rotatable bonds is 3. The molecule has 0 spiro atoms. The quantitative estimate of drug-likeness (QED) is 0.370. The second-order valence-electron chi connectivity index (χ2n) is 5.02. The SMILES string of the molecule is C=C(C(=O)OC(C)(C)C)c1c(F)cc([N+](=O)[O-])cc1F. The van der Waals surface area contributed by atoms with Crippen molar-refractivity contribution < 1.29 is 23.2 Å². The molecule has 1 rings (SSSR count). The van der Waals surface area contributed by atoms with Crippen LogP contribution in [-0.2, 0) is 9.53 Å². The average Bonchev–Trinajstić information content (AvgIpc) is 2.25. The fourth-order valence-corrected chi connectivity index (χ4v) is 1.40. The molecule has 5 nitrogen and oxygen atoms in total. The Bertz CT molecular complexity index is 568. The molecule has 0 aliphatic carbocycles. The van der Waals surface area contributed by atoms with Crippen molar-refractivity contribution in [2.45, 2.75) is 26.4 Å². The number of non-ortho nitro benzene ring substituents is 1. The number of nitrogens with zero attached hydrogens (tertiary/aromatic N) is 1. The van der Waals surface area contributed by atoms with Crippen molar-refractivity contribution in [3.05, 3.63) is 46.0 Å². The number of halogens is 2. The van der Waals surface area contributed by atoms with E-state index in [0.29, 0.717) is 12.1 Å². The summed E-state index contributed by atoms with van der Waals surface area (Å²) in [5, 5.41) is 10.5. The molecule has 1 aromatic carbocycles. The van der Waals surface area contributed by atoms with Crippen LogP contribution >= 0.6 is 0 Å². The van der Waals surface area contributed by atoms with Gasteiger partial charge in [-0.3, -0.25) is 10.1 Å². The van der Waals surface area contributed by atoms with E-state index in [9.17, 15) is 23.7 Å². The van der Waals surface area contributed by atoms with Gasteiger partial charge in [0.05, 0.1) is 28.2 Å². The van der Waals surface area contributed by atoms with Crippen LogP contribution in [0.4, 0.5) is 14.5 Å². The minimum Gasteiger partial charge on any atom is -0.456 e. The summed E-state index contributed by atoms with van der Waals surface area (Å²) < 4.78 is 32.3. The van der Waals surface area contributed by atoms with Crippen LogP contribution in [0.25, 0.3) is 5.57 Å². The zero-order valence-electron chi connectivity index (χ0n) is 11.2. The van der Waals surface area contributed by atoms with Gasteiger partial charge in [-0.15, -0.1) is 0 Å². The van der Waals surface area contributed by atoms with Gasteiger partial charge in [0.25, 0.3) is 5.69 Å². The highest BCUT2D eigenvalue weighted by molar-refractivity contribution is 6.15. The Morgan fingerprint density at radius 2 is 1.75 bits per heavy atom. The molecule has 0 saturated carbocycles. The summed E-state index contributed by atoms with van der Waals surface area (Å²) in [6, 6.07) is 1.04. The van der Waals surface area contributed by atoms with Crippen LogP contribution in [0.2, 0.25) is 0 Å². The van der Waals surface area contributed by atoms with Crippen molar-refractivity contribution in [3.8, 4) is 0 Å². The lowest BCUT2D eigenvalue weighted by molar-refractivity contribution is -0.385. The first-order valence-electron chi connectivity index (χ1n) is 5.59.